The molecule has 12 heteroatoms. The van der Waals surface area contributed by atoms with Crippen LogP contribution in [-0.2, 0) is 16.1 Å². The van der Waals surface area contributed by atoms with E-state index >= 15 is 0 Å². The molecular weight excluding hydrogens is 745 g/mol. The lowest BCUT2D eigenvalue weighted by atomic mass is 9.95. The molecule has 0 N–H and O–H groups in total. The van der Waals surface area contributed by atoms with Gasteiger partial charge in [0.2, 0.25) is 0 Å². The molecule has 0 radical (unpaired) electrons. The van der Waals surface area contributed by atoms with Gasteiger partial charge in [-0.3, -0.25) is 9.36 Å². The number of rotatable bonds is 11. The number of fused-ring (bicyclic) bond motifs is 1. The van der Waals surface area contributed by atoms with Crippen LogP contribution < -0.4 is 33.8 Å². The largest absolute Gasteiger partial charge is 0.493 e. The maximum Gasteiger partial charge on any atom is 0.338 e. The Morgan fingerprint density at radius 3 is 2.54 bits per heavy atom. The Morgan fingerprint density at radius 1 is 1.10 bits per heavy atom. The third kappa shape index (κ3) is 7.12. The fourth-order valence-electron chi connectivity index (χ4n) is 5.33. The van der Waals surface area contributed by atoms with E-state index < -0.39 is 12.0 Å². The van der Waals surface area contributed by atoms with Crippen LogP contribution in [0, 0.1) is 14.9 Å². The molecule has 0 spiro atoms. The SMILES string of the molecule is CCOC(=O)C1=C(C)N=c2s/c(=C\c3cc(I)c(OCc4ccccc4C#N)c(OC)c3)c(=O)n2[C@H]1c1ccc(OC(C)C)c(OC)c1. The Morgan fingerprint density at radius 2 is 1.85 bits per heavy atom. The third-order valence-electron chi connectivity index (χ3n) is 7.44. The molecule has 3 aromatic carbocycles. The van der Waals surface area contributed by atoms with Gasteiger partial charge < -0.3 is 23.7 Å². The lowest BCUT2D eigenvalue weighted by Crippen LogP contribution is -2.40. The lowest BCUT2D eigenvalue weighted by Gasteiger charge is -2.25. The van der Waals surface area contributed by atoms with E-state index in [1.807, 2.05) is 44.2 Å². The van der Waals surface area contributed by atoms with Crippen LogP contribution in [0.25, 0.3) is 6.08 Å². The minimum atomic E-state index is -0.814. The quantitative estimate of drug-likeness (QED) is 0.141. The molecule has 0 amide bonds. The molecule has 5 rings (SSSR count). The number of thiazole rings is 1. The van der Waals surface area contributed by atoms with E-state index in [2.05, 4.69) is 33.7 Å². The highest BCUT2D eigenvalue weighted by Crippen LogP contribution is 2.37. The van der Waals surface area contributed by atoms with Crippen molar-refractivity contribution in [3.63, 3.8) is 0 Å². The number of ether oxygens (including phenoxy) is 5. The molecule has 0 aliphatic carbocycles. The van der Waals surface area contributed by atoms with Crippen molar-refractivity contribution in [1.29, 1.82) is 5.26 Å². The van der Waals surface area contributed by atoms with Crippen molar-refractivity contribution in [3.8, 4) is 29.1 Å². The summed E-state index contributed by atoms with van der Waals surface area (Å²) in [6, 6.07) is 17.7. The molecule has 4 aromatic rings. The van der Waals surface area contributed by atoms with Crippen molar-refractivity contribution in [1.82, 2.24) is 4.57 Å². The van der Waals surface area contributed by atoms with Gasteiger partial charge in [-0.05, 0) is 97.8 Å². The third-order valence-corrected chi connectivity index (χ3v) is 9.23. The van der Waals surface area contributed by atoms with Crippen molar-refractivity contribution >= 4 is 46.0 Å². The molecule has 10 nitrogen and oxygen atoms in total. The van der Waals surface area contributed by atoms with Crippen LogP contribution in [0.3, 0.4) is 0 Å². The average Bonchev–Trinajstić information content (AvgIpc) is 3.36. The highest BCUT2D eigenvalue weighted by atomic mass is 127. The van der Waals surface area contributed by atoms with Gasteiger partial charge in [-0.2, -0.15) is 5.26 Å². The molecule has 248 valence electrons. The fourth-order valence-corrected chi connectivity index (χ4v) is 7.16. The molecule has 0 fully saturated rings. The minimum Gasteiger partial charge on any atom is -0.493 e. The van der Waals surface area contributed by atoms with Gasteiger partial charge in [0.05, 0.1) is 64.0 Å². The summed E-state index contributed by atoms with van der Waals surface area (Å²) < 4.78 is 31.5. The van der Waals surface area contributed by atoms with Gasteiger partial charge in [0.25, 0.3) is 5.56 Å². The van der Waals surface area contributed by atoms with E-state index in [1.54, 1.807) is 58.4 Å². The molecule has 0 bridgehead atoms. The van der Waals surface area contributed by atoms with E-state index in [9.17, 15) is 14.9 Å². The number of nitrogens with zero attached hydrogens (tertiary/aromatic N) is 3. The summed E-state index contributed by atoms with van der Waals surface area (Å²) >= 11 is 3.39. The van der Waals surface area contributed by atoms with Gasteiger partial charge in [0.1, 0.15) is 6.61 Å². The molecule has 1 aromatic heterocycles. The topological polar surface area (TPSA) is 121 Å². The molecule has 1 aliphatic rings. The van der Waals surface area contributed by atoms with Gasteiger partial charge >= 0.3 is 5.97 Å². The molecule has 0 unspecified atom stereocenters. The highest BCUT2D eigenvalue weighted by molar-refractivity contribution is 14.1. The van der Waals surface area contributed by atoms with Crippen molar-refractivity contribution in [2.45, 2.75) is 46.4 Å². The number of aromatic nitrogens is 1. The molecule has 2 heterocycles. The van der Waals surface area contributed by atoms with E-state index in [4.69, 9.17) is 23.7 Å². The second-order valence-electron chi connectivity index (χ2n) is 11.0. The normalized spacial score (nSPS) is 14.2. The second-order valence-corrected chi connectivity index (χ2v) is 13.1. The molecule has 1 atom stereocenters. The summed E-state index contributed by atoms with van der Waals surface area (Å²) in [6.07, 6.45) is 1.69. The first-order chi connectivity index (χ1) is 23.1. The fraction of sp³-hybridized carbons (Fsp3) is 0.278. The van der Waals surface area contributed by atoms with Gasteiger partial charge in [0.15, 0.2) is 27.8 Å². The smallest absolute Gasteiger partial charge is 0.338 e. The summed E-state index contributed by atoms with van der Waals surface area (Å²) in [6.45, 7) is 7.67. The molecule has 48 heavy (non-hydrogen) atoms. The number of benzene rings is 3. The number of nitriles is 1. The summed E-state index contributed by atoms with van der Waals surface area (Å²) in [5, 5.41) is 9.45. The van der Waals surface area contributed by atoms with Crippen LogP contribution >= 0.6 is 33.9 Å². The van der Waals surface area contributed by atoms with Gasteiger partial charge in [-0.25, -0.2) is 9.79 Å². The highest BCUT2D eigenvalue weighted by Gasteiger charge is 2.34. The van der Waals surface area contributed by atoms with E-state index in [-0.39, 0.29) is 30.5 Å². The summed E-state index contributed by atoms with van der Waals surface area (Å²) in [4.78, 5) is 32.7. The molecule has 0 saturated carbocycles. The first kappa shape index (κ1) is 34.7. The zero-order valence-corrected chi connectivity index (χ0v) is 30.3. The van der Waals surface area contributed by atoms with Crippen molar-refractivity contribution in [2.75, 3.05) is 20.8 Å². The number of halogens is 1. The number of methoxy groups -OCH3 is 2. The standard InChI is InChI=1S/C36H34IN3O7S/c1-7-45-35(42)31-21(4)39-36-40(32(31)23-12-13-27(47-20(2)3)28(17-23)43-5)34(41)30(48-36)16-22-14-26(37)33(29(15-22)44-6)46-19-25-11-9-8-10-24(25)18-38/h8-17,20,32H,7,19H2,1-6H3/b30-16-/t32-/m0/s1. The zero-order valence-electron chi connectivity index (χ0n) is 27.3. The van der Waals surface area contributed by atoms with Crippen LogP contribution in [0.5, 0.6) is 23.0 Å². The van der Waals surface area contributed by atoms with E-state index in [0.717, 1.165) is 9.13 Å². The number of hydrogen-bond donors (Lipinski definition) is 0. The van der Waals surface area contributed by atoms with Crippen molar-refractivity contribution in [2.24, 2.45) is 4.99 Å². The number of carbonyl (C=O) groups excluding carboxylic acids is 1. The van der Waals surface area contributed by atoms with Crippen LogP contribution in [0.2, 0.25) is 0 Å². The van der Waals surface area contributed by atoms with E-state index in [0.29, 0.717) is 54.7 Å². The average molecular weight is 780 g/mol. The Balaban J connectivity index is 1.60. The Hall–Kier alpha value is -4.61. The Labute approximate surface area is 295 Å². The molecular formula is C36H34IN3O7S. The summed E-state index contributed by atoms with van der Waals surface area (Å²) in [7, 11) is 3.09. The summed E-state index contributed by atoms with van der Waals surface area (Å²) in [5.74, 6) is 1.47. The maximum absolute atomic E-state index is 14.2. The monoisotopic (exact) mass is 779 g/mol. The zero-order chi connectivity index (χ0) is 34.5. The Bertz CT molecular complexity index is 2130. The number of carbonyl (C=O) groups is 1. The van der Waals surface area contributed by atoms with Crippen molar-refractivity contribution in [3.05, 3.63) is 111 Å². The number of hydrogen-bond acceptors (Lipinski definition) is 10. The van der Waals surface area contributed by atoms with Crippen LogP contribution in [-0.4, -0.2) is 37.5 Å². The van der Waals surface area contributed by atoms with Crippen LogP contribution in [0.4, 0.5) is 0 Å². The first-order valence-corrected chi connectivity index (χ1v) is 17.0. The van der Waals surface area contributed by atoms with Gasteiger partial charge in [0, 0.05) is 5.56 Å². The van der Waals surface area contributed by atoms with Gasteiger partial charge in [-0.1, -0.05) is 35.6 Å². The Kier molecular flexibility index (Phi) is 10.9. The van der Waals surface area contributed by atoms with Crippen LogP contribution in [0.1, 0.15) is 56.0 Å². The van der Waals surface area contributed by atoms with Crippen LogP contribution in [0.15, 0.2) is 75.7 Å². The second kappa shape index (κ2) is 15.1. The lowest BCUT2D eigenvalue weighted by molar-refractivity contribution is -0.139. The molecule has 0 saturated heterocycles. The number of allylic oxidation sites excluding steroid dienone is 1. The van der Waals surface area contributed by atoms with E-state index in [1.165, 1.54) is 15.9 Å². The van der Waals surface area contributed by atoms with Gasteiger partial charge in [-0.15, -0.1) is 0 Å². The van der Waals surface area contributed by atoms with Crippen molar-refractivity contribution < 1.29 is 28.5 Å². The first-order valence-electron chi connectivity index (χ1n) is 15.1. The molecule has 1 aliphatic heterocycles. The summed E-state index contributed by atoms with van der Waals surface area (Å²) in [5.41, 5.74) is 3.06. The maximum atomic E-state index is 14.2. The predicted molar refractivity (Wildman–Crippen MR) is 190 cm³/mol. The predicted octanol–water partition coefficient (Wildman–Crippen LogP) is 5.66. The number of esters is 1. The minimum absolute atomic E-state index is 0.0813.